The van der Waals surface area contributed by atoms with E-state index in [1.807, 2.05) is 94.4 Å². The van der Waals surface area contributed by atoms with Gasteiger partial charge in [0.05, 0.1) is 9.49 Å². The molecule has 2 aromatic rings. The molecule has 0 saturated carbocycles. The molecule has 4 atom stereocenters. The minimum absolute atomic E-state index is 0. The van der Waals surface area contributed by atoms with E-state index in [0.29, 0.717) is 12.6 Å². The fraction of sp³-hybridized carbons (Fsp3) is 0.486. The van der Waals surface area contributed by atoms with Gasteiger partial charge in [-0.2, -0.15) is 0 Å². The molecule has 0 spiro atoms. The Kier molecular flexibility index (Phi) is 16.9. The predicted octanol–water partition coefficient (Wildman–Crippen LogP) is 9.39. The van der Waals surface area contributed by atoms with Gasteiger partial charge >= 0.3 is 0 Å². The Hall–Kier alpha value is -1.54. The maximum Gasteiger partial charge on any atom is 0.100 e. The van der Waals surface area contributed by atoms with E-state index >= 15 is 0 Å². The van der Waals surface area contributed by atoms with Crippen molar-refractivity contribution in [3.8, 4) is 0 Å². The Morgan fingerprint density at radius 1 is 0.884 bits per heavy atom. The van der Waals surface area contributed by atoms with Crippen LogP contribution in [-0.2, 0) is 34.8 Å². The number of nitrogens with zero attached hydrogens (tertiary/aromatic N) is 2. The van der Waals surface area contributed by atoms with Crippen molar-refractivity contribution in [3.05, 3.63) is 107 Å². The van der Waals surface area contributed by atoms with Crippen molar-refractivity contribution in [2.24, 2.45) is 0 Å². The van der Waals surface area contributed by atoms with Crippen LogP contribution in [0.5, 0.6) is 0 Å². The smallest absolute Gasteiger partial charge is 0.100 e. The molecule has 1 heterocycles. The van der Waals surface area contributed by atoms with Crippen molar-refractivity contribution in [2.45, 2.75) is 96.2 Å². The van der Waals surface area contributed by atoms with Crippen molar-refractivity contribution in [1.82, 2.24) is 8.61 Å². The van der Waals surface area contributed by atoms with Crippen molar-refractivity contribution in [3.63, 3.8) is 0 Å². The summed E-state index contributed by atoms with van der Waals surface area (Å²) in [6.07, 6.45) is 11.4. The maximum absolute atomic E-state index is 12.8. The van der Waals surface area contributed by atoms with Crippen LogP contribution in [0, 0.1) is 0 Å². The van der Waals surface area contributed by atoms with Gasteiger partial charge in [-0.3, -0.25) is 0 Å². The Morgan fingerprint density at radius 2 is 1.42 bits per heavy atom. The summed E-state index contributed by atoms with van der Waals surface area (Å²) in [5.74, 6) is 0. The highest BCUT2D eigenvalue weighted by atomic mass is 35.5. The van der Waals surface area contributed by atoms with E-state index in [0.717, 1.165) is 42.3 Å². The van der Waals surface area contributed by atoms with Gasteiger partial charge in [-0.1, -0.05) is 79.2 Å². The van der Waals surface area contributed by atoms with Gasteiger partial charge < -0.3 is 0 Å². The second-order valence-electron chi connectivity index (χ2n) is 12.4. The van der Waals surface area contributed by atoms with Crippen molar-refractivity contribution in [1.29, 1.82) is 0 Å². The number of hydrogen-bond acceptors (Lipinski definition) is 2. The first-order valence-electron chi connectivity index (χ1n) is 14.4. The number of hydrogen-bond donors (Lipinski definition) is 0. The van der Waals surface area contributed by atoms with Crippen LogP contribution in [0.15, 0.2) is 86.0 Å². The second-order valence-corrected chi connectivity index (χ2v) is 17.7. The minimum atomic E-state index is -1.10. The van der Waals surface area contributed by atoms with Gasteiger partial charge in [-0.05, 0) is 103 Å². The number of halogens is 2. The van der Waals surface area contributed by atoms with Crippen molar-refractivity contribution >= 4 is 45.2 Å². The molecule has 2 unspecified atom stereocenters. The Balaban J connectivity index is 0.000000422. The largest absolute Gasteiger partial charge is 0.242 e. The molecule has 0 radical (unpaired) electrons. The van der Waals surface area contributed by atoms with Crippen LogP contribution < -0.4 is 0 Å². The monoisotopic (exact) mass is 666 g/mol. The average molecular weight is 668 g/mol. The molecule has 8 heteroatoms. The molecule has 0 amide bonds. The highest BCUT2D eigenvalue weighted by Crippen LogP contribution is 2.25. The molecule has 0 fully saturated rings. The van der Waals surface area contributed by atoms with E-state index in [-0.39, 0.29) is 23.0 Å². The van der Waals surface area contributed by atoms with Gasteiger partial charge in [0.1, 0.15) is 22.0 Å². The first-order chi connectivity index (χ1) is 19.7. The molecule has 0 aromatic heterocycles. The second kappa shape index (κ2) is 18.4. The molecule has 0 saturated heterocycles. The van der Waals surface area contributed by atoms with Crippen LogP contribution in [0.3, 0.4) is 0 Å². The lowest BCUT2D eigenvalue weighted by molar-refractivity contribution is 0.342. The molecular formula is C35H52Cl2N2O2S2. The third-order valence-corrected chi connectivity index (χ3v) is 11.0. The molecule has 4 nitrogen and oxygen atoms in total. The van der Waals surface area contributed by atoms with E-state index < -0.39 is 22.0 Å². The van der Waals surface area contributed by atoms with Crippen LogP contribution in [0.1, 0.15) is 72.9 Å². The molecular weight excluding hydrogens is 615 g/mol. The van der Waals surface area contributed by atoms with Gasteiger partial charge in [0.25, 0.3) is 0 Å². The standard InChI is InChI=1S/C18H26ClNOS.C16H22ClNOS.CH4/c1-6-8-17(14-15-9-11-16(19)12-10-15)20(13-7-2)22(21)18(3,4)5;1-16(2,3)20(19)18-11-5-4-6-15(18)12-13-7-9-14(17)10-8-13;/h6-7,9-12,17H,1-2,8,13-14H2,3-5H3;4-5,7-10,15H,6,11-12H2,1-3H3;1H4/t17?,22-;15?,20-;/m00./s1. The fourth-order valence-corrected chi connectivity index (χ4v) is 7.53. The number of rotatable bonds is 11. The summed E-state index contributed by atoms with van der Waals surface area (Å²) in [7, 11) is -2.07. The Bertz CT molecular complexity index is 1220. The van der Waals surface area contributed by atoms with Crippen LogP contribution in [0.4, 0.5) is 0 Å². The molecule has 1 aliphatic rings. The summed E-state index contributed by atoms with van der Waals surface area (Å²) in [5, 5.41) is 1.48. The van der Waals surface area contributed by atoms with Gasteiger partial charge in [0.2, 0.25) is 0 Å². The molecule has 240 valence electrons. The normalized spacial score (nSPS) is 17.7. The predicted molar refractivity (Wildman–Crippen MR) is 193 cm³/mol. The van der Waals surface area contributed by atoms with Crippen LogP contribution in [-0.4, -0.2) is 51.7 Å². The molecule has 1 aliphatic heterocycles. The zero-order valence-electron chi connectivity index (χ0n) is 26.0. The lowest BCUT2D eigenvalue weighted by atomic mass is 10.0. The molecule has 3 rings (SSSR count). The molecule has 0 bridgehead atoms. The molecule has 2 aromatic carbocycles. The van der Waals surface area contributed by atoms with Crippen molar-refractivity contribution < 1.29 is 8.42 Å². The summed E-state index contributed by atoms with van der Waals surface area (Å²) in [5.41, 5.74) is 2.42. The third kappa shape index (κ3) is 13.2. The number of benzene rings is 2. The summed E-state index contributed by atoms with van der Waals surface area (Å²) in [4.78, 5) is 0. The van der Waals surface area contributed by atoms with Crippen LogP contribution in [0.2, 0.25) is 10.0 Å². The fourth-order valence-electron chi connectivity index (χ4n) is 4.55. The van der Waals surface area contributed by atoms with Gasteiger partial charge in [-0.25, -0.2) is 17.0 Å². The Morgan fingerprint density at radius 3 is 1.88 bits per heavy atom. The summed E-state index contributed by atoms with van der Waals surface area (Å²) in [6, 6.07) is 16.2. The van der Waals surface area contributed by atoms with Gasteiger partial charge in [0, 0.05) is 35.2 Å². The quantitative estimate of drug-likeness (QED) is 0.224. The first kappa shape index (κ1) is 39.5. The maximum atomic E-state index is 12.8. The summed E-state index contributed by atoms with van der Waals surface area (Å²) < 4.78 is 29.1. The molecule has 0 N–H and O–H groups in total. The van der Waals surface area contributed by atoms with Crippen LogP contribution >= 0.6 is 23.2 Å². The summed E-state index contributed by atoms with van der Waals surface area (Å²) >= 11 is 11.9. The lowest BCUT2D eigenvalue weighted by Gasteiger charge is -2.36. The molecule has 43 heavy (non-hydrogen) atoms. The topological polar surface area (TPSA) is 40.6 Å². The van der Waals surface area contributed by atoms with E-state index in [1.54, 1.807) is 0 Å². The average Bonchev–Trinajstić information content (AvgIpc) is 2.93. The van der Waals surface area contributed by atoms with E-state index in [1.165, 1.54) is 11.1 Å². The highest BCUT2D eigenvalue weighted by molar-refractivity contribution is 7.84. The Labute approximate surface area is 277 Å². The van der Waals surface area contributed by atoms with E-state index in [4.69, 9.17) is 23.2 Å². The van der Waals surface area contributed by atoms with Gasteiger partial charge in [-0.15, -0.1) is 13.2 Å². The van der Waals surface area contributed by atoms with Crippen LogP contribution in [0.25, 0.3) is 0 Å². The van der Waals surface area contributed by atoms with Gasteiger partial charge in [0.15, 0.2) is 0 Å². The SMILES string of the molecule is C.C=CCC(Cc1ccc(Cl)cc1)N(CC=C)[S@@](=O)C(C)(C)C.CC(C)(C)[S@](=O)N1CC=CCC1Cc1ccc(Cl)cc1. The summed E-state index contributed by atoms with van der Waals surface area (Å²) in [6.45, 7) is 21.1. The van der Waals surface area contributed by atoms with Crippen molar-refractivity contribution in [2.75, 3.05) is 13.1 Å². The van der Waals surface area contributed by atoms with E-state index in [2.05, 4.69) is 41.7 Å². The zero-order valence-corrected chi connectivity index (χ0v) is 29.2. The molecule has 0 aliphatic carbocycles. The third-order valence-electron chi connectivity index (χ3n) is 6.67. The first-order valence-corrected chi connectivity index (χ1v) is 17.4. The minimum Gasteiger partial charge on any atom is -0.242 e. The zero-order chi connectivity index (χ0) is 31.5. The lowest BCUT2D eigenvalue weighted by Crippen LogP contribution is -2.46. The highest BCUT2D eigenvalue weighted by Gasteiger charge is 2.32. The van der Waals surface area contributed by atoms with E-state index in [9.17, 15) is 8.42 Å².